The van der Waals surface area contributed by atoms with Gasteiger partial charge < -0.3 is 10.3 Å². The monoisotopic (exact) mass is 426 g/mol. The van der Waals surface area contributed by atoms with Gasteiger partial charge in [-0.3, -0.25) is 14.9 Å². The highest BCUT2D eigenvalue weighted by Gasteiger charge is 2.17. The standard InChI is InChI=1S/C20H12Cl2N4O3/c21-14-8-6-12(26(28)29)10-13(14)20(27)25-18-9-11(5-7-15(18)22)19-23-16-3-1-2-4-17(16)24-19/h1-10H,(H,23,24)(H,25,27). The quantitative estimate of drug-likeness (QED) is 0.322. The van der Waals surface area contributed by atoms with Crippen LogP contribution in [-0.4, -0.2) is 20.8 Å². The topological polar surface area (TPSA) is 101 Å². The molecular formula is C20H12Cl2N4O3. The van der Waals surface area contributed by atoms with E-state index in [1.54, 1.807) is 18.2 Å². The highest BCUT2D eigenvalue weighted by atomic mass is 35.5. The molecule has 4 aromatic rings. The second-order valence-corrected chi connectivity index (χ2v) is 6.99. The van der Waals surface area contributed by atoms with E-state index in [4.69, 9.17) is 23.2 Å². The SMILES string of the molecule is O=C(Nc1cc(-c2nc3ccccc3[nH]2)ccc1Cl)c1cc([N+](=O)[O-])ccc1Cl. The minimum atomic E-state index is -0.609. The number of non-ortho nitro benzene ring substituents is 1. The molecule has 0 radical (unpaired) electrons. The summed E-state index contributed by atoms with van der Waals surface area (Å²) >= 11 is 12.3. The summed E-state index contributed by atoms with van der Waals surface area (Å²) in [6.45, 7) is 0. The van der Waals surface area contributed by atoms with Crippen molar-refractivity contribution in [3.8, 4) is 11.4 Å². The Morgan fingerprint density at radius 1 is 1.03 bits per heavy atom. The number of aromatic amines is 1. The van der Waals surface area contributed by atoms with Gasteiger partial charge in [0.1, 0.15) is 5.82 Å². The molecule has 4 rings (SSSR count). The summed E-state index contributed by atoms with van der Waals surface area (Å²) in [5.41, 5.74) is 2.48. The van der Waals surface area contributed by atoms with Crippen LogP contribution in [0.2, 0.25) is 10.0 Å². The Kier molecular flexibility index (Phi) is 4.92. The molecule has 9 heteroatoms. The van der Waals surface area contributed by atoms with Crippen LogP contribution >= 0.6 is 23.2 Å². The number of anilines is 1. The molecule has 0 aliphatic heterocycles. The maximum Gasteiger partial charge on any atom is 0.270 e. The lowest BCUT2D eigenvalue weighted by Crippen LogP contribution is -2.13. The number of rotatable bonds is 4. The van der Waals surface area contributed by atoms with Crippen LogP contribution in [0.25, 0.3) is 22.4 Å². The van der Waals surface area contributed by atoms with Gasteiger partial charge >= 0.3 is 0 Å². The number of hydrogen-bond donors (Lipinski definition) is 2. The van der Waals surface area contributed by atoms with E-state index >= 15 is 0 Å². The Labute approximate surface area is 174 Å². The number of halogens is 2. The Morgan fingerprint density at radius 3 is 2.55 bits per heavy atom. The van der Waals surface area contributed by atoms with Crippen LogP contribution < -0.4 is 5.32 Å². The summed E-state index contributed by atoms with van der Waals surface area (Å²) in [5, 5.41) is 14.0. The van der Waals surface area contributed by atoms with E-state index < -0.39 is 10.8 Å². The van der Waals surface area contributed by atoms with E-state index in [1.807, 2.05) is 24.3 Å². The largest absolute Gasteiger partial charge is 0.338 e. The second kappa shape index (κ2) is 7.54. The molecule has 3 aromatic carbocycles. The molecule has 1 aromatic heterocycles. The van der Waals surface area contributed by atoms with E-state index in [1.165, 1.54) is 12.1 Å². The van der Waals surface area contributed by atoms with Crippen LogP contribution in [0, 0.1) is 10.1 Å². The van der Waals surface area contributed by atoms with Crippen molar-refractivity contribution < 1.29 is 9.72 Å². The summed E-state index contributed by atoms with van der Waals surface area (Å²) in [4.78, 5) is 30.8. The number of hydrogen-bond acceptors (Lipinski definition) is 4. The third-order valence-electron chi connectivity index (χ3n) is 4.28. The molecule has 29 heavy (non-hydrogen) atoms. The Hall–Kier alpha value is -3.42. The lowest BCUT2D eigenvalue weighted by Gasteiger charge is -2.10. The number of nitro benzene ring substituents is 1. The van der Waals surface area contributed by atoms with Crippen molar-refractivity contribution in [2.24, 2.45) is 0 Å². The van der Waals surface area contributed by atoms with E-state index in [0.717, 1.165) is 17.1 Å². The van der Waals surface area contributed by atoms with Gasteiger partial charge in [0, 0.05) is 17.7 Å². The summed E-state index contributed by atoms with van der Waals surface area (Å²) in [5.74, 6) is 0.00843. The van der Waals surface area contributed by atoms with Gasteiger partial charge in [0.05, 0.1) is 37.3 Å². The first-order valence-corrected chi connectivity index (χ1v) is 9.18. The highest BCUT2D eigenvalue weighted by molar-refractivity contribution is 6.36. The average Bonchev–Trinajstić information content (AvgIpc) is 3.14. The molecule has 1 amide bonds. The van der Waals surface area contributed by atoms with E-state index in [2.05, 4.69) is 15.3 Å². The third-order valence-corrected chi connectivity index (χ3v) is 4.94. The number of benzene rings is 3. The van der Waals surface area contributed by atoms with Crippen molar-refractivity contribution in [1.82, 2.24) is 9.97 Å². The summed E-state index contributed by atoms with van der Waals surface area (Å²) < 4.78 is 0. The molecule has 7 nitrogen and oxygen atoms in total. The molecule has 0 saturated carbocycles. The van der Waals surface area contributed by atoms with E-state index in [0.29, 0.717) is 22.1 Å². The van der Waals surface area contributed by atoms with E-state index in [-0.39, 0.29) is 16.3 Å². The first-order valence-electron chi connectivity index (χ1n) is 8.42. The number of para-hydroxylation sites is 2. The number of carbonyl (C=O) groups is 1. The highest BCUT2D eigenvalue weighted by Crippen LogP contribution is 2.30. The number of aromatic nitrogens is 2. The minimum Gasteiger partial charge on any atom is -0.338 e. The van der Waals surface area contributed by atoms with Gasteiger partial charge in [-0.05, 0) is 36.4 Å². The number of H-pyrrole nitrogens is 1. The number of carbonyl (C=O) groups excluding carboxylic acids is 1. The number of nitro groups is 1. The fourth-order valence-corrected chi connectivity index (χ4v) is 3.22. The first-order chi connectivity index (χ1) is 13.9. The Balaban J connectivity index is 1.67. The summed E-state index contributed by atoms with van der Waals surface area (Å²) in [6, 6.07) is 16.3. The average molecular weight is 427 g/mol. The van der Waals surface area contributed by atoms with Gasteiger partial charge in [-0.15, -0.1) is 0 Å². The molecule has 0 saturated heterocycles. The van der Waals surface area contributed by atoms with Crippen LogP contribution in [0.15, 0.2) is 60.7 Å². The molecule has 144 valence electrons. The molecule has 1 heterocycles. The number of amides is 1. The zero-order chi connectivity index (χ0) is 20.5. The molecule has 0 aliphatic rings. The van der Waals surface area contributed by atoms with Crippen molar-refractivity contribution in [2.45, 2.75) is 0 Å². The van der Waals surface area contributed by atoms with Gasteiger partial charge in [-0.25, -0.2) is 4.98 Å². The van der Waals surface area contributed by atoms with E-state index in [9.17, 15) is 14.9 Å². The summed E-state index contributed by atoms with van der Waals surface area (Å²) in [6.07, 6.45) is 0. The lowest BCUT2D eigenvalue weighted by atomic mass is 10.1. The number of imidazole rings is 1. The Morgan fingerprint density at radius 2 is 1.79 bits per heavy atom. The zero-order valence-electron chi connectivity index (χ0n) is 14.6. The van der Waals surface area contributed by atoms with Crippen LogP contribution in [0.4, 0.5) is 11.4 Å². The van der Waals surface area contributed by atoms with Crippen molar-refractivity contribution in [1.29, 1.82) is 0 Å². The number of nitrogens with one attached hydrogen (secondary N) is 2. The molecule has 0 fully saturated rings. The van der Waals surface area contributed by atoms with Crippen molar-refractivity contribution in [2.75, 3.05) is 5.32 Å². The molecule has 0 atom stereocenters. The predicted molar refractivity (Wildman–Crippen MR) is 113 cm³/mol. The molecule has 2 N–H and O–H groups in total. The fourth-order valence-electron chi connectivity index (χ4n) is 2.85. The molecule has 0 unspecified atom stereocenters. The fraction of sp³-hybridized carbons (Fsp3) is 0. The van der Waals surface area contributed by atoms with Gasteiger partial charge in [0.25, 0.3) is 11.6 Å². The van der Waals surface area contributed by atoms with Gasteiger partial charge in [0.15, 0.2) is 0 Å². The van der Waals surface area contributed by atoms with Crippen molar-refractivity contribution >= 4 is 51.5 Å². The number of fused-ring (bicyclic) bond motifs is 1. The maximum absolute atomic E-state index is 12.7. The zero-order valence-corrected chi connectivity index (χ0v) is 16.2. The van der Waals surface area contributed by atoms with Gasteiger partial charge in [0.2, 0.25) is 0 Å². The normalized spacial score (nSPS) is 10.8. The lowest BCUT2D eigenvalue weighted by molar-refractivity contribution is -0.384. The maximum atomic E-state index is 12.7. The van der Waals surface area contributed by atoms with Crippen LogP contribution in [0.5, 0.6) is 0 Å². The van der Waals surface area contributed by atoms with Crippen LogP contribution in [-0.2, 0) is 0 Å². The minimum absolute atomic E-state index is 0.0222. The number of nitrogens with zero attached hydrogens (tertiary/aromatic N) is 2. The van der Waals surface area contributed by atoms with Gasteiger partial charge in [-0.2, -0.15) is 0 Å². The smallest absolute Gasteiger partial charge is 0.270 e. The van der Waals surface area contributed by atoms with Crippen molar-refractivity contribution in [3.63, 3.8) is 0 Å². The molecule has 0 spiro atoms. The molecular weight excluding hydrogens is 415 g/mol. The van der Waals surface area contributed by atoms with Crippen molar-refractivity contribution in [3.05, 3.63) is 86.4 Å². The Bertz CT molecular complexity index is 1240. The predicted octanol–water partition coefficient (Wildman–Crippen LogP) is 5.70. The van der Waals surface area contributed by atoms with Gasteiger partial charge in [-0.1, -0.05) is 35.3 Å². The molecule has 0 aliphatic carbocycles. The van der Waals surface area contributed by atoms with Crippen LogP contribution in [0.3, 0.4) is 0 Å². The molecule has 0 bridgehead atoms. The first kappa shape index (κ1) is 18.9. The third kappa shape index (κ3) is 3.78. The van der Waals surface area contributed by atoms with Crippen LogP contribution in [0.1, 0.15) is 10.4 Å². The second-order valence-electron chi connectivity index (χ2n) is 6.17. The summed E-state index contributed by atoms with van der Waals surface area (Å²) in [7, 11) is 0.